The fourth-order valence-electron chi connectivity index (χ4n) is 2.00. The van der Waals surface area contributed by atoms with E-state index in [-0.39, 0.29) is 0 Å². The van der Waals surface area contributed by atoms with Crippen LogP contribution < -0.4 is 10.6 Å². The van der Waals surface area contributed by atoms with Crippen LogP contribution in [0.3, 0.4) is 0 Å². The van der Waals surface area contributed by atoms with E-state index in [9.17, 15) is 0 Å². The SMILES string of the molecule is CN(C)C1CCN(c2nccc(CN)n2)C1. The number of nitrogens with zero attached hydrogens (tertiary/aromatic N) is 4. The van der Waals surface area contributed by atoms with Crippen molar-refractivity contribution in [3.05, 3.63) is 18.0 Å². The minimum absolute atomic E-state index is 0.473. The normalized spacial score (nSPS) is 20.8. The van der Waals surface area contributed by atoms with Gasteiger partial charge in [-0.1, -0.05) is 0 Å². The zero-order valence-corrected chi connectivity index (χ0v) is 9.93. The third kappa shape index (κ3) is 2.31. The number of rotatable bonds is 3. The fraction of sp³-hybridized carbons (Fsp3) is 0.636. The summed E-state index contributed by atoms with van der Waals surface area (Å²) in [6.45, 7) is 2.50. The highest BCUT2D eigenvalue weighted by molar-refractivity contribution is 5.32. The summed E-state index contributed by atoms with van der Waals surface area (Å²) in [5.41, 5.74) is 6.48. The maximum absolute atomic E-state index is 5.58. The molecule has 88 valence electrons. The Balaban J connectivity index is 2.08. The minimum Gasteiger partial charge on any atom is -0.339 e. The van der Waals surface area contributed by atoms with Crippen LogP contribution in [0.15, 0.2) is 12.3 Å². The van der Waals surface area contributed by atoms with E-state index in [1.54, 1.807) is 6.20 Å². The Bertz CT molecular complexity index is 352. The van der Waals surface area contributed by atoms with Crippen molar-refractivity contribution in [1.29, 1.82) is 0 Å². The number of anilines is 1. The molecule has 1 unspecified atom stereocenters. The molecule has 5 nitrogen and oxygen atoms in total. The summed E-state index contributed by atoms with van der Waals surface area (Å²) in [5, 5.41) is 0. The first-order valence-corrected chi connectivity index (χ1v) is 5.64. The van der Waals surface area contributed by atoms with Crippen molar-refractivity contribution in [2.45, 2.75) is 19.0 Å². The van der Waals surface area contributed by atoms with Crippen molar-refractivity contribution < 1.29 is 0 Å². The van der Waals surface area contributed by atoms with Crippen LogP contribution in [0.1, 0.15) is 12.1 Å². The highest BCUT2D eigenvalue weighted by atomic mass is 15.3. The molecule has 0 bridgehead atoms. The zero-order chi connectivity index (χ0) is 11.5. The number of aromatic nitrogens is 2. The molecule has 16 heavy (non-hydrogen) atoms. The monoisotopic (exact) mass is 221 g/mol. The van der Waals surface area contributed by atoms with E-state index >= 15 is 0 Å². The Hall–Kier alpha value is -1.20. The van der Waals surface area contributed by atoms with E-state index in [2.05, 4.69) is 33.9 Å². The van der Waals surface area contributed by atoms with Gasteiger partial charge in [-0.25, -0.2) is 9.97 Å². The van der Waals surface area contributed by atoms with Gasteiger partial charge in [-0.15, -0.1) is 0 Å². The molecule has 0 spiro atoms. The van der Waals surface area contributed by atoms with Gasteiger partial charge in [0.15, 0.2) is 0 Å². The zero-order valence-electron chi connectivity index (χ0n) is 9.93. The Kier molecular flexibility index (Phi) is 3.36. The first-order valence-electron chi connectivity index (χ1n) is 5.64. The van der Waals surface area contributed by atoms with Crippen LogP contribution in [-0.4, -0.2) is 48.1 Å². The summed E-state index contributed by atoms with van der Waals surface area (Å²) in [4.78, 5) is 13.2. The van der Waals surface area contributed by atoms with Gasteiger partial charge in [0.05, 0.1) is 5.69 Å². The van der Waals surface area contributed by atoms with Gasteiger partial charge in [-0.3, -0.25) is 0 Å². The van der Waals surface area contributed by atoms with Gasteiger partial charge in [-0.2, -0.15) is 0 Å². The lowest BCUT2D eigenvalue weighted by molar-refractivity contribution is 0.315. The highest BCUT2D eigenvalue weighted by Crippen LogP contribution is 2.18. The van der Waals surface area contributed by atoms with Gasteiger partial charge >= 0.3 is 0 Å². The van der Waals surface area contributed by atoms with Crippen molar-refractivity contribution in [2.24, 2.45) is 5.73 Å². The van der Waals surface area contributed by atoms with Crippen molar-refractivity contribution >= 4 is 5.95 Å². The number of nitrogens with two attached hydrogens (primary N) is 1. The molecule has 0 amide bonds. The first kappa shape index (κ1) is 11.3. The quantitative estimate of drug-likeness (QED) is 0.783. The lowest BCUT2D eigenvalue weighted by atomic mass is 10.2. The smallest absolute Gasteiger partial charge is 0.225 e. The largest absolute Gasteiger partial charge is 0.339 e. The van der Waals surface area contributed by atoms with E-state index in [1.165, 1.54) is 6.42 Å². The number of hydrogen-bond acceptors (Lipinski definition) is 5. The Morgan fingerprint density at radius 2 is 2.38 bits per heavy atom. The van der Waals surface area contributed by atoms with Crippen LogP contribution in [0.25, 0.3) is 0 Å². The summed E-state index contributed by atoms with van der Waals surface area (Å²) >= 11 is 0. The van der Waals surface area contributed by atoms with E-state index in [0.29, 0.717) is 12.6 Å². The average molecular weight is 221 g/mol. The molecular formula is C11H19N5. The second-order valence-electron chi connectivity index (χ2n) is 4.40. The van der Waals surface area contributed by atoms with Gasteiger partial charge < -0.3 is 15.5 Å². The second-order valence-corrected chi connectivity index (χ2v) is 4.40. The van der Waals surface area contributed by atoms with Crippen LogP contribution in [0.5, 0.6) is 0 Å². The Morgan fingerprint density at radius 3 is 3.00 bits per heavy atom. The van der Waals surface area contributed by atoms with Gasteiger partial charge in [0.25, 0.3) is 0 Å². The van der Waals surface area contributed by atoms with Crippen LogP contribution in [0.2, 0.25) is 0 Å². The molecule has 1 aliphatic heterocycles. The molecular weight excluding hydrogens is 202 g/mol. The number of likely N-dealkylation sites (N-methyl/N-ethyl adjacent to an activating group) is 1. The molecule has 1 aliphatic rings. The summed E-state index contributed by atoms with van der Waals surface area (Å²) in [6.07, 6.45) is 2.96. The van der Waals surface area contributed by atoms with Crippen LogP contribution in [0.4, 0.5) is 5.95 Å². The lowest BCUT2D eigenvalue weighted by Gasteiger charge is -2.20. The van der Waals surface area contributed by atoms with E-state index < -0.39 is 0 Å². The highest BCUT2D eigenvalue weighted by Gasteiger charge is 2.25. The minimum atomic E-state index is 0.473. The maximum atomic E-state index is 5.58. The van der Waals surface area contributed by atoms with Crippen molar-refractivity contribution in [1.82, 2.24) is 14.9 Å². The molecule has 0 saturated carbocycles. The van der Waals surface area contributed by atoms with E-state index in [0.717, 1.165) is 24.7 Å². The maximum Gasteiger partial charge on any atom is 0.225 e. The molecule has 2 N–H and O–H groups in total. The summed E-state index contributed by atoms with van der Waals surface area (Å²) in [7, 11) is 4.23. The summed E-state index contributed by atoms with van der Waals surface area (Å²) in [5.74, 6) is 0.812. The molecule has 1 aromatic heterocycles. The van der Waals surface area contributed by atoms with Gasteiger partial charge in [0, 0.05) is 31.9 Å². The second kappa shape index (κ2) is 4.76. The third-order valence-corrected chi connectivity index (χ3v) is 3.09. The lowest BCUT2D eigenvalue weighted by Crippen LogP contribution is -2.32. The summed E-state index contributed by atoms with van der Waals surface area (Å²) < 4.78 is 0. The number of hydrogen-bond donors (Lipinski definition) is 1. The van der Waals surface area contributed by atoms with Crippen LogP contribution >= 0.6 is 0 Å². The molecule has 2 heterocycles. The van der Waals surface area contributed by atoms with Crippen LogP contribution in [0, 0.1) is 0 Å². The molecule has 0 aliphatic carbocycles. The van der Waals surface area contributed by atoms with Crippen molar-refractivity contribution in [3.8, 4) is 0 Å². The molecule has 5 heteroatoms. The molecule has 0 radical (unpaired) electrons. The van der Waals surface area contributed by atoms with Gasteiger partial charge in [-0.05, 0) is 26.6 Å². The van der Waals surface area contributed by atoms with Crippen LogP contribution in [-0.2, 0) is 6.54 Å². The Morgan fingerprint density at radius 1 is 1.56 bits per heavy atom. The van der Waals surface area contributed by atoms with E-state index in [4.69, 9.17) is 5.73 Å². The predicted octanol–water partition coefficient (Wildman–Crippen LogP) is 0.0756. The molecule has 0 aromatic carbocycles. The average Bonchev–Trinajstić information content (AvgIpc) is 2.78. The molecule has 1 saturated heterocycles. The molecule has 1 atom stereocenters. The topological polar surface area (TPSA) is 58.3 Å². The van der Waals surface area contributed by atoms with Crippen molar-refractivity contribution in [3.63, 3.8) is 0 Å². The molecule has 1 aromatic rings. The van der Waals surface area contributed by atoms with Crippen molar-refractivity contribution in [2.75, 3.05) is 32.1 Å². The Labute approximate surface area is 96.3 Å². The fourth-order valence-corrected chi connectivity index (χ4v) is 2.00. The third-order valence-electron chi connectivity index (χ3n) is 3.09. The van der Waals surface area contributed by atoms with E-state index in [1.807, 2.05) is 6.07 Å². The first-order chi connectivity index (χ1) is 7.70. The summed E-state index contributed by atoms with van der Waals surface area (Å²) in [6, 6.07) is 2.47. The standard InChI is InChI=1S/C11H19N5/c1-15(2)10-4-6-16(8-10)11-13-5-3-9(7-12)14-11/h3,5,10H,4,6-8,12H2,1-2H3. The van der Waals surface area contributed by atoms with Gasteiger partial charge in [0.1, 0.15) is 0 Å². The molecule has 1 fully saturated rings. The predicted molar refractivity (Wildman–Crippen MR) is 64.2 cm³/mol. The van der Waals surface area contributed by atoms with Gasteiger partial charge in [0.2, 0.25) is 5.95 Å². The molecule has 2 rings (SSSR count).